The molecule has 0 aliphatic heterocycles. The van der Waals surface area contributed by atoms with Crippen molar-refractivity contribution in [3.8, 4) is 0 Å². The van der Waals surface area contributed by atoms with E-state index >= 15 is 0 Å². The van der Waals surface area contributed by atoms with Gasteiger partial charge in [0, 0.05) is 5.71 Å². The van der Waals surface area contributed by atoms with Crippen LogP contribution in [0, 0.1) is 5.92 Å². The van der Waals surface area contributed by atoms with Crippen molar-refractivity contribution in [1.29, 1.82) is 0 Å². The molecule has 114 valence electrons. The molecule has 1 unspecified atom stereocenters. The molecule has 1 rings (SSSR count). The fourth-order valence-corrected chi connectivity index (χ4v) is 1.89. The SMILES string of the molecule is C=CCC(C(=O)OC(C)(C)C)C(C)=NCc1ccccc1. The molecule has 3 heteroatoms. The maximum atomic E-state index is 12.3. The summed E-state index contributed by atoms with van der Waals surface area (Å²) in [5, 5.41) is 0. The molecule has 0 aliphatic carbocycles. The van der Waals surface area contributed by atoms with Crippen molar-refractivity contribution in [2.75, 3.05) is 0 Å². The molecular formula is C18H25NO2. The van der Waals surface area contributed by atoms with Crippen LogP contribution in [0.5, 0.6) is 0 Å². The van der Waals surface area contributed by atoms with Gasteiger partial charge in [-0.05, 0) is 39.7 Å². The molecule has 3 nitrogen and oxygen atoms in total. The van der Waals surface area contributed by atoms with E-state index in [1.54, 1.807) is 6.08 Å². The van der Waals surface area contributed by atoms with Crippen molar-refractivity contribution < 1.29 is 9.53 Å². The predicted octanol–water partition coefficient (Wildman–Crippen LogP) is 4.18. The third kappa shape index (κ3) is 6.39. The highest BCUT2D eigenvalue weighted by molar-refractivity contribution is 6.01. The number of aliphatic imine (C=N–C) groups is 1. The molecule has 1 atom stereocenters. The second kappa shape index (κ2) is 7.77. The lowest BCUT2D eigenvalue weighted by Crippen LogP contribution is -2.31. The summed E-state index contributed by atoms with van der Waals surface area (Å²) in [6.45, 7) is 11.8. The number of allylic oxidation sites excluding steroid dienone is 1. The average Bonchev–Trinajstić information content (AvgIpc) is 2.41. The highest BCUT2D eigenvalue weighted by Crippen LogP contribution is 2.16. The lowest BCUT2D eigenvalue weighted by molar-refractivity contribution is -0.157. The largest absolute Gasteiger partial charge is 0.459 e. The van der Waals surface area contributed by atoms with Crippen LogP contribution < -0.4 is 0 Å². The van der Waals surface area contributed by atoms with E-state index in [9.17, 15) is 4.79 Å². The van der Waals surface area contributed by atoms with E-state index in [0.717, 1.165) is 11.3 Å². The molecule has 21 heavy (non-hydrogen) atoms. The molecule has 0 fully saturated rings. The van der Waals surface area contributed by atoms with Crippen LogP contribution in [0.4, 0.5) is 0 Å². The minimum Gasteiger partial charge on any atom is -0.459 e. The number of rotatable bonds is 6. The second-order valence-corrected chi connectivity index (χ2v) is 6.05. The van der Waals surface area contributed by atoms with E-state index in [1.807, 2.05) is 58.0 Å². The fraction of sp³-hybridized carbons (Fsp3) is 0.444. The number of nitrogens with zero attached hydrogens (tertiary/aromatic N) is 1. The second-order valence-electron chi connectivity index (χ2n) is 6.05. The number of ether oxygens (including phenoxy) is 1. The van der Waals surface area contributed by atoms with Crippen LogP contribution in [0.2, 0.25) is 0 Å². The van der Waals surface area contributed by atoms with Crippen molar-refractivity contribution in [1.82, 2.24) is 0 Å². The summed E-state index contributed by atoms with van der Waals surface area (Å²) in [4.78, 5) is 16.8. The zero-order valence-corrected chi connectivity index (χ0v) is 13.4. The van der Waals surface area contributed by atoms with Crippen molar-refractivity contribution >= 4 is 11.7 Å². The van der Waals surface area contributed by atoms with Gasteiger partial charge in [0.1, 0.15) is 5.60 Å². The Labute approximate surface area is 127 Å². The standard InChI is InChI=1S/C18H25NO2/c1-6-10-16(17(20)21-18(3,4)5)14(2)19-13-15-11-8-7-9-12-15/h6-9,11-12,16H,1,10,13H2,2-5H3. The lowest BCUT2D eigenvalue weighted by Gasteiger charge is -2.23. The summed E-state index contributed by atoms with van der Waals surface area (Å²) in [6.07, 6.45) is 2.27. The van der Waals surface area contributed by atoms with E-state index in [-0.39, 0.29) is 11.9 Å². The Bertz CT molecular complexity index is 498. The summed E-state index contributed by atoms with van der Waals surface area (Å²) < 4.78 is 5.46. The van der Waals surface area contributed by atoms with Gasteiger partial charge in [-0.25, -0.2) is 0 Å². The quantitative estimate of drug-likeness (QED) is 0.447. The first kappa shape index (κ1) is 17.2. The number of carbonyl (C=O) groups excluding carboxylic acids is 1. The van der Waals surface area contributed by atoms with Crippen LogP contribution in [0.3, 0.4) is 0 Å². The first-order valence-corrected chi connectivity index (χ1v) is 7.22. The van der Waals surface area contributed by atoms with Crippen LogP contribution in [0.15, 0.2) is 48.0 Å². The van der Waals surface area contributed by atoms with Gasteiger partial charge in [0.2, 0.25) is 0 Å². The van der Waals surface area contributed by atoms with Gasteiger partial charge in [-0.1, -0.05) is 36.4 Å². The predicted molar refractivity (Wildman–Crippen MR) is 87.4 cm³/mol. The van der Waals surface area contributed by atoms with Crippen molar-refractivity contribution in [2.24, 2.45) is 10.9 Å². The normalized spacial score (nSPS) is 13.6. The minimum atomic E-state index is -0.490. The average molecular weight is 287 g/mol. The monoisotopic (exact) mass is 287 g/mol. The molecule has 0 aliphatic rings. The number of esters is 1. The maximum Gasteiger partial charge on any atom is 0.315 e. The van der Waals surface area contributed by atoms with Gasteiger partial charge in [-0.2, -0.15) is 0 Å². The summed E-state index contributed by atoms with van der Waals surface area (Å²) >= 11 is 0. The molecule has 0 saturated carbocycles. The van der Waals surface area contributed by atoms with E-state index in [2.05, 4.69) is 11.6 Å². The Hall–Kier alpha value is -1.90. The van der Waals surface area contributed by atoms with E-state index in [1.165, 1.54) is 0 Å². The minimum absolute atomic E-state index is 0.239. The van der Waals surface area contributed by atoms with Gasteiger partial charge in [0.05, 0.1) is 12.5 Å². The zero-order valence-electron chi connectivity index (χ0n) is 13.4. The molecule has 1 aromatic carbocycles. The maximum absolute atomic E-state index is 12.3. The van der Waals surface area contributed by atoms with Crippen LogP contribution >= 0.6 is 0 Å². The highest BCUT2D eigenvalue weighted by Gasteiger charge is 2.26. The van der Waals surface area contributed by atoms with Crippen molar-refractivity contribution in [3.05, 3.63) is 48.6 Å². The fourth-order valence-electron chi connectivity index (χ4n) is 1.89. The van der Waals surface area contributed by atoms with Gasteiger partial charge in [0.25, 0.3) is 0 Å². The molecule has 0 bridgehead atoms. The van der Waals surface area contributed by atoms with Crippen LogP contribution in [-0.4, -0.2) is 17.3 Å². The molecule has 0 heterocycles. The number of benzene rings is 1. The van der Waals surface area contributed by atoms with Gasteiger partial charge < -0.3 is 4.74 Å². The Morgan fingerprint density at radius 3 is 2.48 bits per heavy atom. The van der Waals surface area contributed by atoms with E-state index in [4.69, 9.17) is 4.74 Å². The topological polar surface area (TPSA) is 38.7 Å². The number of carbonyl (C=O) groups is 1. The van der Waals surface area contributed by atoms with Gasteiger partial charge in [-0.3, -0.25) is 9.79 Å². The Morgan fingerprint density at radius 2 is 1.95 bits per heavy atom. The van der Waals surface area contributed by atoms with Crippen molar-refractivity contribution in [3.63, 3.8) is 0 Å². The smallest absolute Gasteiger partial charge is 0.315 e. The van der Waals surface area contributed by atoms with Crippen LogP contribution in [-0.2, 0) is 16.1 Å². The molecule has 0 aromatic heterocycles. The number of hydrogen-bond acceptors (Lipinski definition) is 3. The first-order chi connectivity index (χ1) is 9.83. The summed E-state index contributed by atoms with van der Waals surface area (Å²) in [5.74, 6) is -0.595. The van der Waals surface area contributed by atoms with E-state index < -0.39 is 5.60 Å². The summed E-state index contributed by atoms with van der Waals surface area (Å²) in [5.41, 5.74) is 1.42. The lowest BCUT2D eigenvalue weighted by atomic mass is 10.00. The summed E-state index contributed by atoms with van der Waals surface area (Å²) in [7, 11) is 0. The number of hydrogen-bond donors (Lipinski definition) is 0. The Kier molecular flexibility index (Phi) is 6.35. The highest BCUT2D eigenvalue weighted by atomic mass is 16.6. The van der Waals surface area contributed by atoms with Crippen molar-refractivity contribution in [2.45, 2.75) is 46.3 Å². The zero-order chi connectivity index (χ0) is 15.9. The molecular weight excluding hydrogens is 262 g/mol. The molecule has 1 aromatic rings. The third-order valence-electron chi connectivity index (χ3n) is 2.95. The molecule has 0 spiro atoms. The van der Waals surface area contributed by atoms with E-state index in [0.29, 0.717) is 13.0 Å². The van der Waals surface area contributed by atoms with Gasteiger partial charge >= 0.3 is 5.97 Å². The summed E-state index contributed by atoms with van der Waals surface area (Å²) in [6, 6.07) is 9.98. The Morgan fingerprint density at radius 1 is 1.33 bits per heavy atom. The molecule has 0 amide bonds. The molecule has 0 radical (unpaired) electrons. The van der Waals surface area contributed by atoms with Crippen LogP contribution in [0.25, 0.3) is 0 Å². The Balaban J connectivity index is 2.79. The third-order valence-corrected chi connectivity index (χ3v) is 2.95. The van der Waals surface area contributed by atoms with Gasteiger partial charge in [0.15, 0.2) is 0 Å². The first-order valence-electron chi connectivity index (χ1n) is 7.22. The molecule has 0 N–H and O–H groups in total. The van der Waals surface area contributed by atoms with Gasteiger partial charge in [-0.15, -0.1) is 6.58 Å². The molecule has 0 saturated heterocycles. The van der Waals surface area contributed by atoms with Crippen LogP contribution in [0.1, 0.15) is 39.7 Å².